The Morgan fingerprint density at radius 3 is 2.83 bits per heavy atom. The highest BCUT2D eigenvalue weighted by atomic mass is 16.5. The van der Waals surface area contributed by atoms with E-state index >= 15 is 0 Å². The molecule has 0 aliphatic carbocycles. The van der Waals surface area contributed by atoms with Crippen molar-refractivity contribution in [3.63, 3.8) is 0 Å². The van der Waals surface area contributed by atoms with Crippen molar-refractivity contribution in [1.29, 1.82) is 0 Å². The summed E-state index contributed by atoms with van der Waals surface area (Å²) in [5, 5.41) is 0. The topological polar surface area (TPSA) is 35.2 Å². The van der Waals surface area contributed by atoms with Gasteiger partial charge in [0.1, 0.15) is 5.75 Å². The summed E-state index contributed by atoms with van der Waals surface area (Å²) < 4.78 is 5.09. The Morgan fingerprint density at radius 2 is 2.33 bits per heavy atom. The second kappa shape index (κ2) is 3.80. The number of ether oxygens (including phenoxy) is 1. The third-order valence-corrected chi connectivity index (χ3v) is 1.67. The van der Waals surface area contributed by atoms with Gasteiger partial charge in [0.2, 0.25) is 0 Å². The van der Waals surface area contributed by atoms with Crippen LogP contribution in [0.1, 0.15) is 11.1 Å². The molecule has 0 saturated heterocycles. The fourth-order valence-electron chi connectivity index (χ4n) is 1.03. The van der Waals surface area contributed by atoms with Gasteiger partial charge in [-0.15, -0.1) is 6.42 Å². The number of hydrogen-bond donors (Lipinski definition) is 1. The summed E-state index contributed by atoms with van der Waals surface area (Å²) in [5.74, 6) is 3.33. The van der Waals surface area contributed by atoms with Gasteiger partial charge in [-0.2, -0.15) is 0 Å². The van der Waals surface area contributed by atoms with Crippen molar-refractivity contribution in [2.75, 3.05) is 7.11 Å². The van der Waals surface area contributed by atoms with E-state index in [1.165, 1.54) is 0 Å². The van der Waals surface area contributed by atoms with Crippen molar-refractivity contribution in [1.82, 2.24) is 0 Å². The van der Waals surface area contributed by atoms with Gasteiger partial charge in [-0.05, 0) is 18.2 Å². The summed E-state index contributed by atoms with van der Waals surface area (Å²) in [6.07, 6.45) is 5.23. The predicted molar refractivity (Wildman–Crippen MR) is 48.8 cm³/mol. The Hall–Kier alpha value is -1.46. The van der Waals surface area contributed by atoms with Crippen LogP contribution in [0.2, 0.25) is 0 Å². The molecule has 0 atom stereocenters. The quantitative estimate of drug-likeness (QED) is 0.660. The minimum atomic E-state index is 0.443. The first-order valence-electron chi connectivity index (χ1n) is 3.65. The first kappa shape index (κ1) is 8.63. The molecule has 0 saturated carbocycles. The van der Waals surface area contributed by atoms with E-state index in [0.717, 1.165) is 16.9 Å². The van der Waals surface area contributed by atoms with Gasteiger partial charge < -0.3 is 10.5 Å². The van der Waals surface area contributed by atoms with Crippen molar-refractivity contribution in [3.8, 4) is 18.1 Å². The number of terminal acetylenes is 1. The molecule has 0 aliphatic heterocycles. The number of methoxy groups -OCH3 is 1. The molecule has 1 aromatic rings. The van der Waals surface area contributed by atoms with Crippen LogP contribution < -0.4 is 10.5 Å². The molecule has 0 aliphatic rings. The van der Waals surface area contributed by atoms with Crippen molar-refractivity contribution < 1.29 is 4.74 Å². The van der Waals surface area contributed by atoms with E-state index in [0.29, 0.717) is 6.54 Å². The molecule has 1 rings (SSSR count). The average Bonchev–Trinajstić information content (AvgIpc) is 2.16. The molecule has 0 heterocycles. The fraction of sp³-hybridized carbons (Fsp3) is 0.200. The zero-order valence-corrected chi connectivity index (χ0v) is 7.00. The number of nitrogens with two attached hydrogens (primary N) is 1. The molecule has 2 N–H and O–H groups in total. The molecule has 0 unspecified atom stereocenters. The molecule has 1 aromatic carbocycles. The highest BCUT2D eigenvalue weighted by Gasteiger charge is 2.00. The van der Waals surface area contributed by atoms with E-state index in [1.807, 2.05) is 18.2 Å². The minimum absolute atomic E-state index is 0.443. The van der Waals surface area contributed by atoms with E-state index in [1.54, 1.807) is 7.11 Å². The van der Waals surface area contributed by atoms with Crippen molar-refractivity contribution >= 4 is 0 Å². The maximum absolute atomic E-state index is 5.50. The summed E-state index contributed by atoms with van der Waals surface area (Å²) in [6.45, 7) is 0.443. The molecule has 0 radical (unpaired) electrons. The highest BCUT2D eigenvalue weighted by Crippen LogP contribution is 2.18. The Labute approximate surface area is 72.3 Å². The molecule has 0 aromatic heterocycles. The molecule has 2 heteroatoms. The van der Waals surface area contributed by atoms with Crippen molar-refractivity contribution in [2.24, 2.45) is 5.73 Å². The van der Waals surface area contributed by atoms with E-state index in [-0.39, 0.29) is 0 Å². The van der Waals surface area contributed by atoms with Crippen molar-refractivity contribution in [2.45, 2.75) is 6.54 Å². The molecular weight excluding hydrogens is 150 g/mol. The normalized spacial score (nSPS) is 9.08. The van der Waals surface area contributed by atoms with Crippen LogP contribution in [0.4, 0.5) is 0 Å². The highest BCUT2D eigenvalue weighted by molar-refractivity contribution is 5.43. The molecule has 0 spiro atoms. The van der Waals surface area contributed by atoms with Gasteiger partial charge in [0.25, 0.3) is 0 Å². The zero-order valence-electron chi connectivity index (χ0n) is 7.00. The smallest absolute Gasteiger partial charge is 0.123 e. The second-order valence-electron chi connectivity index (χ2n) is 2.38. The molecule has 62 valence electrons. The average molecular weight is 161 g/mol. The standard InChI is InChI=1S/C10H11NO/c1-3-8-4-5-10(12-2)9(6-8)7-11/h1,4-6H,7,11H2,2H3. The maximum Gasteiger partial charge on any atom is 0.123 e. The van der Waals surface area contributed by atoms with Crippen molar-refractivity contribution in [3.05, 3.63) is 29.3 Å². The Morgan fingerprint density at radius 1 is 1.58 bits per heavy atom. The van der Waals surface area contributed by atoms with Gasteiger partial charge >= 0.3 is 0 Å². The van der Waals surface area contributed by atoms with E-state index in [2.05, 4.69) is 5.92 Å². The van der Waals surface area contributed by atoms with Gasteiger partial charge in [-0.3, -0.25) is 0 Å². The SMILES string of the molecule is C#Cc1ccc(OC)c(CN)c1. The summed E-state index contributed by atoms with van der Waals surface area (Å²) in [5.41, 5.74) is 7.27. The van der Waals surface area contributed by atoms with E-state index < -0.39 is 0 Å². The molecule has 0 amide bonds. The maximum atomic E-state index is 5.50. The van der Waals surface area contributed by atoms with Crippen LogP contribution in [0.15, 0.2) is 18.2 Å². The Kier molecular flexibility index (Phi) is 2.73. The monoisotopic (exact) mass is 161 g/mol. The van der Waals surface area contributed by atoms with Gasteiger partial charge in [0.15, 0.2) is 0 Å². The molecular formula is C10H11NO. The van der Waals surface area contributed by atoms with E-state index in [4.69, 9.17) is 16.9 Å². The predicted octanol–water partition coefficient (Wildman–Crippen LogP) is 1.14. The largest absolute Gasteiger partial charge is 0.496 e. The second-order valence-corrected chi connectivity index (χ2v) is 2.38. The molecule has 2 nitrogen and oxygen atoms in total. The summed E-state index contributed by atoms with van der Waals surface area (Å²) in [7, 11) is 1.62. The van der Waals surface area contributed by atoms with Gasteiger partial charge in [-0.1, -0.05) is 5.92 Å². The lowest BCUT2D eigenvalue weighted by molar-refractivity contribution is 0.410. The Bertz CT molecular complexity index is 312. The molecule has 12 heavy (non-hydrogen) atoms. The van der Waals surface area contributed by atoms with Crippen LogP contribution in [0.5, 0.6) is 5.75 Å². The third-order valence-electron chi connectivity index (χ3n) is 1.67. The van der Waals surface area contributed by atoms with Crippen LogP contribution in [-0.2, 0) is 6.54 Å². The summed E-state index contributed by atoms with van der Waals surface area (Å²) in [4.78, 5) is 0. The first-order chi connectivity index (χ1) is 5.81. The van der Waals surface area contributed by atoms with Gasteiger partial charge in [0.05, 0.1) is 7.11 Å². The first-order valence-corrected chi connectivity index (χ1v) is 3.65. The minimum Gasteiger partial charge on any atom is -0.496 e. The van der Waals surface area contributed by atoms with Crippen LogP contribution in [-0.4, -0.2) is 7.11 Å². The van der Waals surface area contributed by atoms with Crippen LogP contribution in [0, 0.1) is 12.3 Å². The summed E-state index contributed by atoms with van der Waals surface area (Å²) >= 11 is 0. The third kappa shape index (κ3) is 1.58. The van der Waals surface area contributed by atoms with Crippen LogP contribution in [0.25, 0.3) is 0 Å². The molecule has 0 fully saturated rings. The number of rotatable bonds is 2. The molecule has 0 bridgehead atoms. The Balaban J connectivity index is 3.13. The lowest BCUT2D eigenvalue weighted by Crippen LogP contribution is -2.00. The number of benzene rings is 1. The van der Waals surface area contributed by atoms with Gasteiger partial charge in [-0.25, -0.2) is 0 Å². The lowest BCUT2D eigenvalue weighted by atomic mass is 10.1. The van der Waals surface area contributed by atoms with Gasteiger partial charge in [0, 0.05) is 17.7 Å². The number of hydrogen-bond acceptors (Lipinski definition) is 2. The summed E-state index contributed by atoms with van der Waals surface area (Å²) in [6, 6.07) is 5.52. The van der Waals surface area contributed by atoms with E-state index in [9.17, 15) is 0 Å². The van der Waals surface area contributed by atoms with Crippen LogP contribution in [0.3, 0.4) is 0 Å². The van der Waals surface area contributed by atoms with Crippen LogP contribution >= 0.6 is 0 Å². The zero-order chi connectivity index (χ0) is 8.97. The fourth-order valence-corrected chi connectivity index (χ4v) is 1.03. The lowest BCUT2D eigenvalue weighted by Gasteiger charge is -2.05.